The van der Waals surface area contributed by atoms with Gasteiger partial charge in [-0.1, -0.05) is 26.8 Å². The topological polar surface area (TPSA) is 65.1 Å². The number of rotatable bonds is 4. The Morgan fingerprint density at radius 2 is 1.91 bits per heavy atom. The Morgan fingerprint density at radius 1 is 1.21 bits per heavy atom. The molecule has 0 bridgehead atoms. The summed E-state index contributed by atoms with van der Waals surface area (Å²) in [5.41, 5.74) is 1.31. The number of H-pyrrole nitrogens is 1. The van der Waals surface area contributed by atoms with E-state index in [1.165, 1.54) is 40.7 Å². The maximum absolute atomic E-state index is 14.3. The van der Waals surface area contributed by atoms with E-state index in [9.17, 15) is 14.3 Å². The third kappa shape index (κ3) is 6.90. The zero-order valence-electron chi connectivity index (χ0n) is 20.7. The number of hydrogen-bond acceptors (Lipinski definition) is 5. The van der Waals surface area contributed by atoms with Crippen LogP contribution in [0, 0.1) is 5.82 Å². The van der Waals surface area contributed by atoms with Crippen molar-refractivity contribution in [1.82, 2.24) is 4.98 Å². The maximum Gasteiger partial charge on any atom is 0.255 e. The first-order valence-corrected chi connectivity index (χ1v) is 15.7. The van der Waals surface area contributed by atoms with Crippen LogP contribution >= 0.6 is 33.3 Å². The standard InChI is InChI=1S/C19H17FN2O2S2.C7H18S/c20-15-9-12-7-8-21-19(24)14(12)10-16(15)22-26-18-6-5-17(25-18)11-1-3-13(23)4-2-11;1-7(2,3)8(4,5)6/h1,5-10,13,22-23H,2-4H2,(H,21,24);1-6H3. The fraction of sp³-hybridized carbons (Fsp3) is 0.423. The first kappa shape index (κ1) is 26.9. The van der Waals surface area contributed by atoms with E-state index in [1.807, 2.05) is 6.07 Å². The molecule has 1 atom stereocenters. The van der Waals surface area contributed by atoms with Crippen molar-refractivity contribution in [3.63, 3.8) is 0 Å². The minimum Gasteiger partial charge on any atom is -0.393 e. The van der Waals surface area contributed by atoms with Crippen LogP contribution in [0.3, 0.4) is 0 Å². The summed E-state index contributed by atoms with van der Waals surface area (Å²) < 4.78 is 18.8. The van der Waals surface area contributed by atoms with Gasteiger partial charge in [0.2, 0.25) is 0 Å². The molecule has 1 unspecified atom stereocenters. The number of aromatic nitrogens is 1. The lowest BCUT2D eigenvalue weighted by Crippen LogP contribution is -2.21. The van der Waals surface area contributed by atoms with Crippen LogP contribution in [0.1, 0.15) is 44.9 Å². The highest BCUT2D eigenvalue weighted by Gasteiger charge is 2.22. The first-order chi connectivity index (χ1) is 15.8. The molecule has 4 rings (SSSR count). The Kier molecular flexibility index (Phi) is 8.61. The quantitative estimate of drug-likeness (QED) is 0.316. The van der Waals surface area contributed by atoms with Gasteiger partial charge in [-0.15, -0.1) is 11.3 Å². The summed E-state index contributed by atoms with van der Waals surface area (Å²) in [6, 6.07) is 8.63. The van der Waals surface area contributed by atoms with Crippen LogP contribution in [0.5, 0.6) is 0 Å². The minimum atomic E-state index is -0.392. The molecule has 0 amide bonds. The highest BCUT2D eigenvalue weighted by molar-refractivity contribution is 8.33. The number of anilines is 1. The molecule has 2 aromatic heterocycles. The summed E-state index contributed by atoms with van der Waals surface area (Å²) >= 11 is 2.96. The zero-order chi connectivity index (χ0) is 25.1. The number of benzene rings is 1. The summed E-state index contributed by atoms with van der Waals surface area (Å²) in [6.45, 7) is 6.92. The average Bonchev–Trinajstić information content (AvgIpc) is 3.21. The van der Waals surface area contributed by atoms with E-state index >= 15 is 0 Å². The second-order valence-electron chi connectivity index (χ2n) is 10.2. The van der Waals surface area contributed by atoms with Crippen LogP contribution in [0.4, 0.5) is 10.1 Å². The lowest BCUT2D eigenvalue weighted by molar-refractivity contribution is 0.166. The van der Waals surface area contributed by atoms with E-state index in [0.717, 1.165) is 17.1 Å². The third-order valence-electron chi connectivity index (χ3n) is 6.24. The van der Waals surface area contributed by atoms with Crippen LogP contribution < -0.4 is 10.3 Å². The molecule has 3 N–H and O–H groups in total. The number of allylic oxidation sites excluding steroid dienone is 1. The molecule has 1 aliphatic carbocycles. The van der Waals surface area contributed by atoms with Gasteiger partial charge in [-0.3, -0.25) is 4.79 Å². The van der Waals surface area contributed by atoms with Gasteiger partial charge in [0, 0.05) is 16.5 Å². The van der Waals surface area contributed by atoms with E-state index in [-0.39, 0.29) is 27.4 Å². The normalized spacial score (nSPS) is 17.1. The van der Waals surface area contributed by atoms with E-state index in [1.54, 1.807) is 17.4 Å². The summed E-state index contributed by atoms with van der Waals surface area (Å²) in [5, 5.41) is 10.6. The number of aliphatic hydroxyl groups excluding tert-OH is 1. The Bertz CT molecular complexity index is 1210. The van der Waals surface area contributed by atoms with Crippen LogP contribution in [0.25, 0.3) is 16.3 Å². The lowest BCUT2D eigenvalue weighted by atomic mass is 9.96. The van der Waals surface area contributed by atoms with Gasteiger partial charge in [-0.25, -0.2) is 14.4 Å². The molecule has 0 aliphatic heterocycles. The molecule has 0 radical (unpaired) electrons. The molecular formula is C26H35FN2O2S3. The summed E-state index contributed by atoms with van der Waals surface area (Å²) in [5.74, 6) is -0.392. The van der Waals surface area contributed by atoms with Crippen molar-refractivity contribution < 1.29 is 9.50 Å². The second kappa shape index (κ2) is 10.9. The van der Waals surface area contributed by atoms with Crippen LogP contribution in [-0.2, 0) is 0 Å². The number of thiophene rings is 1. The van der Waals surface area contributed by atoms with Crippen molar-refractivity contribution >= 4 is 55.3 Å². The molecule has 34 heavy (non-hydrogen) atoms. The van der Waals surface area contributed by atoms with Crippen molar-refractivity contribution in [3.05, 3.63) is 63.7 Å². The number of pyridine rings is 1. The Labute approximate surface area is 211 Å². The molecule has 186 valence electrons. The number of hydrogen-bond donors (Lipinski definition) is 3. The molecule has 1 aromatic carbocycles. The third-order valence-corrected chi connectivity index (χ3v) is 12.0. The van der Waals surface area contributed by atoms with Crippen LogP contribution in [0.2, 0.25) is 0 Å². The lowest BCUT2D eigenvalue weighted by Gasteiger charge is -2.40. The number of aliphatic hydroxyl groups is 1. The van der Waals surface area contributed by atoms with Gasteiger partial charge >= 0.3 is 0 Å². The molecule has 0 spiro atoms. The molecule has 1 aliphatic rings. The van der Waals surface area contributed by atoms with Crippen molar-refractivity contribution in [2.75, 3.05) is 23.5 Å². The SMILES string of the molecule is CC(C)(C)S(C)(C)C.O=c1[nH]ccc2cc(F)c(NSc3ccc(C4=CCC(O)CC4)s3)cc12. The molecular weight excluding hydrogens is 487 g/mol. The van der Waals surface area contributed by atoms with Gasteiger partial charge in [0.1, 0.15) is 5.82 Å². The average molecular weight is 523 g/mol. The Hall–Kier alpha value is -1.74. The molecule has 4 nitrogen and oxygen atoms in total. The molecule has 0 saturated carbocycles. The smallest absolute Gasteiger partial charge is 0.255 e. The molecule has 8 heteroatoms. The molecule has 2 heterocycles. The fourth-order valence-electron chi connectivity index (χ4n) is 2.98. The van der Waals surface area contributed by atoms with E-state index in [4.69, 9.17) is 0 Å². The van der Waals surface area contributed by atoms with Crippen molar-refractivity contribution in [1.29, 1.82) is 0 Å². The van der Waals surface area contributed by atoms with Crippen molar-refractivity contribution in [2.45, 2.75) is 55.1 Å². The maximum atomic E-state index is 14.3. The monoisotopic (exact) mass is 522 g/mol. The van der Waals surface area contributed by atoms with Crippen LogP contribution in [-0.4, -0.2) is 39.7 Å². The van der Waals surface area contributed by atoms with Crippen LogP contribution in [0.15, 0.2) is 51.6 Å². The van der Waals surface area contributed by atoms with E-state index in [0.29, 0.717) is 21.9 Å². The number of halogens is 1. The number of nitrogens with one attached hydrogen (secondary N) is 2. The number of fused-ring (bicyclic) bond motifs is 1. The van der Waals surface area contributed by atoms with Gasteiger partial charge in [0.15, 0.2) is 0 Å². The molecule has 0 fully saturated rings. The predicted octanol–water partition coefficient (Wildman–Crippen LogP) is 7.26. The van der Waals surface area contributed by atoms with Gasteiger partial charge in [-0.05, 0) is 96.0 Å². The van der Waals surface area contributed by atoms with Gasteiger partial charge in [0.05, 0.1) is 16.0 Å². The summed E-state index contributed by atoms with van der Waals surface area (Å²) in [6.07, 6.45) is 12.8. The highest BCUT2D eigenvalue weighted by Crippen LogP contribution is 2.48. The number of aromatic amines is 1. The van der Waals surface area contributed by atoms with Crippen molar-refractivity contribution in [3.8, 4) is 0 Å². The second-order valence-corrected chi connectivity index (χ2v) is 17.2. The van der Waals surface area contributed by atoms with E-state index < -0.39 is 5.82 Å². The highest BCUT2D eigenvalue weighted by atomic mass is 32.3. The van der Waals surface area contributed by atoms with Crippen molar-refractivity contribution in [2.24, 2.45) is 0 Å². The fourth-order valence-corrected chi connectivity index (χ4v) is 4.85. The summed E-state index contributed by atoms with van der Waals surface area (Å²) in [4.78, 5) is 15.7. The van der Waals surface area contributed by atoms with Gasteiger partial charge in [0.25, 0.3) is 5.56 Å². The largest absolute Gasteiger partial charge is 0.393 e. The van der Waals surface area contributed by atoms with E-state index in [2.05, 4.69) is 61.4 Å². The van der Waals surface area contributed by atoms with Gasteiger partial charge in [-0.2, -0.15) is 0 Å². The Morgan fingerprint density at radius 3 is 2.53 bits per heavy atom. The van der Waals surface area contributed by atoms with Gasteiger partial charge < -0.3 is 14.8 Å². The Balaban J connectivity index is 0.000000350. The zero-order valence-corrected chi connectivity index (χ0v) is 23.1. The predicted molar refractivity (Wildman–Crippen MR) is 151 cm³/mol. The molecule has 0 saturated heterocycles. The first-order valence-electron chi connectivity index (χ1n) is 11.2. The molecule has 3 aromatic rings. The summed E-state index contributed by atoms with van der Waals surface area (Å²) in [7, 11) is -0.340. The minimum absolute atomic E-state index is 0.228.